The highest BCUT2D eigenvalue weighted by atomic mass is 79.9. The molecule has 1 unspecified atom stereocenters. The predicted molar refractivity (Wildman–Crippen MR) is 89.5 cm³/mol. The number of hydrogen-bond acceptors (Lipinski definition) is 3. The number of carbonyl (C=O) groups is 2. The third-order valence-corrected chi connectivity index (χ3v) is 4.84. The number of amides is 3. The summed E-state index contributed by atoms with van der Waals surface area (Å²) >= 11 is 5.06. The highest BCUT2D eigenvalue weighted by Crippen LogP contribution is 2.21. The van der Waals surface area contributed by atoms with Gasteiger partial charge in [-0.15, -0.1) is 11.3 Å². The number of urea groups is 1. The van der Waals surface area contributed by atoms with E-state index in [1.807, 2.05) is 49.5 Å². The number of primary amides is 1. The lowest BCUT2D eigenvalue weighted by atomic mass is 10.0. The molecule has 0 radical (unpaired) electrons. The lowest BCUT2D eigenvalue weighted by molar-refractivity contribution is -0.915. The summed E-state index contributed by atoms with van der Waals surface area (Å²) in [7, 11) is 1.92. The van der Waals surface area contributed by atoms with E-state index >= 15 is 0 Å². The first-order valence-electron chi connectivity index (χ1n) is 6.69. The Morgan fingerprint density at radius 2 is 1.95 bits per heavy atom. The summed E-state index contributed by atoms with van der Waals surface area (Å²) in [5.41, 5.74) is 5.92. The van der Waals surface area contributed by atoms with E-state index in [1.54, 1.807) is 11.3 Å². The highest BCUT2D eigenvalue weighted by Gasteiger charge is 2.30. The van der Waals surface area contributed by atoms with Gasteiger partial charge in [-0.2, -0.15) is 0 Å². The molecule has 1 aromatic heterocycles. The molecule has 0 saturated heterocycles. The van der Waals surface area contributed by atoms with E-state index in [-0.39, 0.29) is 0 Å². The fourth-order valence-corrected chi connectivity index (χ4v) is 3.90. The summed E-state index contributed by atoms with van der Waals surface area (Å²) in [6.07, 6.45) is 0. The number of imide groups is 1. The number of likely N-dealkylation sites (N-methyl/N-ethyl adjacent to an activating group) is 1. The van der Waals surface area contributed by atoms with Gasteiger partial charge in [0, 0.05) is 5.56 Å². The molecule has 2 atom stereocenters. The number of rotatable bonds is 5. The van der Waals surface area contributed by atoms with Crippen LogP contribution >= 0.6 is 27.3 Å². The topological polar surface area (TPSA) is 76.6 Å². The van der Waals surface area contributed by atoms with E-state index in [0.717, 1.165) is 19.1 Å². The van der Waals surface area contributed by atoms with Crippen molar-refractivity contribution in [2.45, 2.75) is 12.6 Å². The minimum atomic E-state index is -0.836. The fourth-order valence-electron chi connectivity index (χ4n) is 2.32. The van der Waals surface area contributed by atoms with Gasteiger partial charge in [0.15, 0.2) is 6.04 Å². The lowest BCUT2D eigenvalue weighted by Crippen LogP contribution is -3.09. The molecule has 0 aliphatic carbocycles. The zero-order chi connectivity index (χ0) is 16.1. The molecule has 22 heavy (non-hydrogen) atoms. The Hall–Kier alpha value is -1.70. The first-order valence-corrected chi connectivity index (χ1v) is 8.30. The molecular formula is C15H17BrN3O2S+. The second-order valence-corrected chi connectivity index (χ2v) is 7.47. The van der Waals surface area contributed by atoms with Gasteiger partial charge in [-0.05, 0) is 28.1 Å². The number of quaternary nitrogens is 1. The van der Waals surface area contributed by atoms with Crippen LogP contribution in [0.1, 0.15) is 16.5 Å². The summed E-state index contributed by atoms with van der Waals surface area (Å²) in [5.74, 6) is -0.396. The summed E-state index contributed by atoms with van der Waals surface area (Å²) in [5, 5.41) is 2.19. The van der Waals surface area contributed by atoms with Gasteiger partial charge < -0.3 is 10.6 Å². The summed E-state index contributed by atoms with van der Waals surface area (Å²) in [6, 6.07) is 12.0. The Morgan fingerprint density at radius 3 is 2.50 bits per heavy atom. The quantitative estimate of drug-likeness (QED) is 0.731. The average molecular weight is 383 g/mol. The Morgan fingerprint density at radius 1 is 1.27 bits per heavy atom. The van der Waals surface area contributed by atoms with Gasteiger partial charge in [0.25, 0.3) is 5.91 Å². The lowest BCUT2D eigenvalue weighted by Gasteiger charge is -2.23. The van der Waals surface area contributed by atoms with Crippen LogP contribution in [0.4, 0.5) is 4.79 Å². The van der Waals surface area contributed by atoms with E-state index in [9.17, 15) is 9.59 Å². The molecule has 5 nitrogen and oxygen atoms in total. The van der Waals surface area contributed by atoms with Crippen LogP contribution in [0.3, 0.4) is 0 Å². The third-order valence-electron chi connectivity index (χ3n) is 3.22. The maximum Gasteiger partial charge on any atom is 0.319 e. The highest BCUT2D eigenvalue weighted by molar-refractivity contribution is 9.11. The van der Waals surface area contributed by atoms with E-state index in [0.29, 0.717) is 6.54 Å². The Bertz CT molecular complexity index is 660. The Labute approximate surface area is 141 Å². The van der Waals surface area contributed by atoms with E-state index < -0.39 is 18.0 Å². The van der Waals surface area contributed by atoms with E-state index in [4.69, 9.17) is 5.73 Å². The van der Waals surface area contributed by atoms with Crippen LogP contribution in [-0.2, 0) is 11.3 Å². The van der Waals surface area contributed by atoms with Crippen molar-refractivity contribution in [1.29, 1.82) is 0 Å². The summed E-state index contributed by atoms with van der Waals surface area (Å²) < 4.78 is 1.05. The van der Waals surface area contributed by atoms with Crippen LogP contribution in [-0.4, -0.2) is 19.0 Å². The number of benzene rings is 1. The number of hydrogen-bond donors (Lipinski definition) is 3. The van der Waals surface area contributed by atoms with Crippen LogP contribution < -0.4 is 16.0 Å². The van der Waals surface area contributed by atoms with Gasteiger partial charge in [0.1, 0.15) is 6.54 Å². The van der Waals surface area contributed by atoms with Crippen molar-refractivity contribution in [1.82, 2.24) is 5.32 Å². The van der Waals surface area contributed by atoms with E-state index in [1.165, 1.54) is 0 Å². The Kier molecular flexibility index (Phi) is 5.70. The van der Waals surface area contributed by atoms with Crippen LogP contribution in [0.5, 0.6) is 0 Å². The van der Waals surface area contributed by atoms with Crippen LogP contribution in [0.15, 0.2) is 46.3 Å². The molecule has 0 aliphatic heterocycles. The first-order chi connectivity index (χ1) is 10.5. The van der Waals surface area contributed by atoms with Crippen LogP contribution in [0, 0.1) is 0 Å². The maximum absolute atomic E-state index is 12.4. The molecule has 2 aromatic rings. The van der Waals surface area contributed by atoms with Gasteiger partial charge in [0.2, 0.25) is 0 Å². The van der Waals surface area contributed by atoms with Gasteiger partial charge in [-0.3, -0.25) is 10.1 Å². The molecule has 116 valence electrons. The number of nitrogens with two attached hydrogens (primary N) is 1. The third kappa shape index (κ3) is 4.40. The predicted octanol–water partition coefficient (Wildman–Crippen LogP) is 1.46. The van der Waals surface area contributed by atoms with Gasteiger partial charge >= 0.3 is 6.03 Å². The number of thiophene rings is 1. The second kappa shape index (κ2) is 7.53. The van der Waals surface area contributed by atoms with Crippen molar-refractivity contribution in [2.75, 3.05) is 7.05 Å². The number of carbonyl (C=O) groups excluding carboxylic acids is 2. The van der Waals surface area contributed by atoms with Crippen LogP contribution in [0.2, 0.25) is 0 Å². The molecule has 1 heterocycles. The van der Waals surface area contributed by atoms with Crippen molar-refractivity contribution in [3.8, 4) is 0 Å². The second-order valence-electron chi connectivity index (χ2n) is 4.93. The smallest absolute Gasteiger partial charge is 0.319 e. The molecule has 1 aromatic carbocycles. The van der Waals surface area contributed by atoms with Crippen molar-refractivity contribution < 1.29 is 14.5 Å². The molecule has 0 bridgehead atoms. The zero-order valence-electron chi connectivity index (χ0n) is 12.0. The molecular weight excluding hydrogens is 366 g/mol. The Balaban J connectivity index is 2.23. The van der Waals surface area contributed by atoms with Crippen LogP contribution in [0.25, 0.3) is 0 Å². The van der Waals surface area contributed by atoms with Gasteiger partial charge in [0.05, 0.1) is 15.7 Å². The molecule has 4 N–H and O–H groups in total. The molecule has 0 spiro atoms. The summed E-state index contributed by atoms with van der Waals surface area (Å²) in [6.45, 7) is 0.669. The van der Waals surface area contributed by atoms with Crippen molar-refractivity contribution in [2.24, 2.45) is 5.73 Å². The SMILES string of the molecule is C[NH+](Cc1ccc(Br)s1)[C@H](C(=O)NC(N)=O)c1ccccc1. The molecule has 3 amide bonds. The zero-order valence-corrected chi connectivity index (χ0v) is 14.4. The summed E-state index contributed by atoms with van der Waals surface area (Å²) in [4.78, 5) is 25.5. The first kappa shape index (κ1) is 16.7. The number of halogens is 1. The molecule has 0 aliphatic rings. The standard InChI is InChI=1S/C15H16BrN3O2S/c1-19(9-11-7-8-12(16)22-11)13(14(20)18-15(17)21)10-5-3-2-4-6-10/h2-8,13H,9H2,1H3,(H3,17,18,20,21)/p+1/t13-/m0/s1. The molecule has 7 heteroatoms. The number of nitrogens with one attached hydrogen (secondary N) is 2. The average Bonchev–Trinajstić information content (AvgIpc) is 2.84. The maximum atomic E-state index is 12.4. The fraction of sp³-hybridized carbons (Fsp3) is 0.200. The monoisotopic (exact) mass is 382 g/mol. The minimum absolute atomic E-state index is 0.396. The normalized spacial score (nSPS) is 13.4. The van der Waals surface area contributed by atoms with Crippen molar-refractivity contribution in [3.05, 3.63) is 56.7 Å². The largest absolute Gasteiger partial charge is 0.351 e. The molecule has 2 rings (SSSR count). The van der Waals surface area contributed by atoms with E-state index in [2.05, 4.69) is 21.2 Å². The molecule has 0 fully saturated rings. The van der Waals surface area contributed by atoms with Crippen molar-refractivity contribution in [3.63, 3.8) is 0 Å². The van der Waals surface area contributed by atoms with Gasteiger partial charge in [-0.1, -0.05) is 30.3 Å². The van der Waals surface area contributed by atoms with Gasteiger partial charge in [-0.25, -0.2) is 4.79 Å². The minimum Gasteiger partial charge on any atom is -0.351 e. The molecule has 0 saturated carbocycles. The van der Waals surface area contributed by atoms with Crippen molar-refractivity contribution >= 4 is 39.2 Å².